The summed E-state index contributed by atoms with van der Waals surface area (Å²) < 4.78 is 27.1. The highest BCUT2D eigenvalue weighted by atomic mass is 32.2. The maximum absolute atomic E-state index is 12.2. The summed E-state index contributed by atoms with van der Waals surface area (Å²) in [5, 5.41) is 2.89. The topological polar surface area (TPSA) is 61.4 Å². The molecule has 1 rings (SSSR count). The maximum Gasteiger partial charge on any atom is 0.242 e. The molecule has 0 spiro atoms. The van der Waals surface area contributed by atoms with Crippen LogP contribution in [0.2, 0.25) is 0 Å². The van der Waals surface area contributed by atoms with Gasteiger partial charge in [0.1, 0.15) is 4.90 Å². The van der Waals surface area contributed by atoms with E-state index in [9.17, 15) is 8.42 Å². The fraction of sp³-hybridized carbons (Fsp3) is 0.500. The SMILES string of the molecule is CNc1ccccc1S(=O)(=O)NC(C)CN(C)C. The van der Waals surface area contributed by atoms with Crippen LogP contribution in [-0.2, 0) is 10.0 Å². The van der Waals surface area contributed by atoms with Crippen LogP contribution in [0.15, 0.2) is 29.2 Å². The minimum Gasteiger partial charge on any atom is -0.387 e. The van der Waals surface area contributed by atoms with E-state index in [1.165, 1.54) is 0 Å². The van der Waals surface area contributed by atoms with Crippen molar-refractivity contribution in [2.45, 2.75) is 17.9 Å². The number of para-hydroxylation sites is 1. The summed E-state index contributed by atoms with van der Waals surface area (Å²) in [7, 11) is 2.04. The Balaban J connectivity index is 2.93. The first kappa shape index (κ1) is 14.9. The minimum absolute atomic E-state index is 0.144. The van der Waals surface area contributed by atoms with Crippen molar-refractivity contribution in [2.75, 3.05) is 33.0 Å². The second kappa shape index (κ2) is 6.17. The third-order valence-electron chi connectivity index (χ3n) is 2.44. The van der Waals surface area contributed by atoms with Crippen LogP contribution in [0.5, 0.6) is 0 Å². The highest BCUT2D eigenvalue weighted by molar-refractivity contribution is 7.89. The van der Waals surface area contributed by atoms with Crippen LogP contribution in [0.3, 0.4) is 0 Å². The van der Waals surface area contributed by atoms with E-state index < -0.39 is 10.0 Å². The van der Waals surface area contributed by atoms with E-state index >= 15 is 0 Å². The Morgan fingerprint density at radius 1 is 1.28 bits per heavy atom. The number of hydrogen-bond donors (Lipinski definition) is 2. The largest absolute Gasteiger partial charge is 0.387 e. The molecule has 1 aromatic carbocycles. The fourth-order valence-electron chi connectivity index (χ4n) is 1.82. The zero-order valence-electron chi connectivity index (χ0n) is 11.3. The van der Waals surface area contributed by atoms with Gasteiger partial charge in [0.2, 0.25) is 10.0 Å². The highest BCUT2D eigenvalue weighted by Crippen LogP contribution is 2.20. The molecule has 0 amide bonds. The lowest BCUT2D eigenvalue weighted by atomic mass is 10.3. The van der Waals surface area contributed by atoms with Gasteiger partial charge in [0.05, 0.1) is 5.69 Å². The smallest absolute Gasteiger partial charge is 0.242 e. The van der Waals surface area contributed by atoms with Gasteiger partial charge in [0.15, 0.2) is 0 Å². The number of sulfonamides is 1. The molecule has 0 saturated heterocycles. The molecule has 0 radical (unpaired) electrons. The van der Waals surface area contributed by atoms with Crippen LogP contribution in [0.25, 0.3) is 0 Å². The molecular weight excluding hydrogens is 250 g/mol. The van der Waals surface area contributed by atoms with E-state index in [2.05, 4.69) is 10.0 Å². The van der Waals surface area contributed by atoms with Gasteiger partial charge in [0.25, 0.3) is 0 Å². The van der Waals surface area contributed by atoms with Gasteiger partial charge in [-0.05, 0) is 33.2 Å². The van der Waals surface area contributed by atoms with Crippen molar-refractivity contribution < 1.29 is 8.42 Å². The van der Waals surface area contributed by atoms with E-state index in [4.69, 9.17) is 0 Å². The molecule has 6 heteroatoms. The predicted molar refractivity (Wildman–Crippen MR) is 74.3 cm³/mol. The van der Waals surface area contributed by atoms with Crippen molar-refractivity contribution in [3.8, 4) is 0 Å². The highest BCUT2D eigenvalue weighted by Gasteiger charge is 2.20. The van der Waals surface area contributed by atoms with Crippen molar-refractivity contribution in [2.24, 2.45) is 0 Å². The van der Waals surface area contributed by atoms with Crippen LogP contribution in [0.1, 0.15) is 6.92 Å². The number of benzene rings is 1. The molecule has 1 atom stereocenters. The van der Waals surface area contributed by atoms with Gasteiger partial charge >= 0.3 is 0 Å². The summed E-state index contributed by atoms with van der Waals surface area (Å²) in [5.41, 5.74) is 0.599. The van der Waals surface area contributed by atoms with Crippen molar-refractivity contribution in [1.29, 1.82) is 0 Å². The number of nitrogens with zero attached hydrogens (tertiary/aromatic N) is 1. The van der Waals surface area contributed by atoms with Gasteiger partial charge in [-0.1, -0.05) is 12.1 Å². The van der Waals surface area contributed by atoms with Crippen LogP contribution < -0.4 is 10.0 Å². The monoisotopic (exact) mass is 271 g/mol. The summed E-state index contributed by atoms with van der Waals surface area (Å²) in [6.45, 7) is 2.50. The average molecular weight is 271 g/mol. The van der Waals surface area contributed by atoms with E-state index in [-0.39, 0.29) is 10.9 Å². The Labute approximate surface area is 109 Å². The second-order valence-electron chi connectivity index (χ2n) is 4.53. The van der Waals surface area contributed by atoms with Crippen LogP contribution in [-0.4, -0.2) is 47.0 Å². The van der Waals surface area contributed by atoms with Crippen molar-refractivity contribution in [1.82, 2.24) is 9.62 Å². The molecule has 0 saturated carbocycles. The summed E-state index contributed by atoms with van der Waals surface area (Å²) in [5.74, 6) is 0. The van der Waals surface area contributed by atoms with Crippen LogP contribution in [0, 0.1) is 0 Å². The molecule has 102 valence electrons. The lowest BCUT2D eigenvalue weighted by Crippen LogP contribution is -2.39. The van der Waals surface area contributed by atoms with Crippen LogP contribution >= 0.6 is 0 Å². The second-order valence-corrected chi connectivity index (χ2v) is 6.21. The molecule has 18 heavy (non-hydrogen) atoms. The summed E-state index contributed by atoms with van der Waals surface area (Å²) in [6.07, 6.45) is 0. The number of hydrogen-bond acceptors (Lipinski definition) is 4. The number of anilines is 1. The molecule has 5 nitrogen and oxygen atoms in total. The van der Waals surface area contributed by atoms with E-state index in [0.29, 0.717) is 12.2 Å². The lowest BCUT2D eigenvalue weighted by Gasteiger charge is -2.19. The molecule has 0 aromatic heterocycles. The fourth-order valence-corrected chi connectivity index (χ4v) is 3.27. The number of nitrogens with one attached hydrogen (secondary N) is 2. The zero-order valence-corrected chi connectivity index (χ0v) is 12.1. The Morgan fingerprint density at radius 3 is 2.44 bits per heavy atom. The standard InChI is InChI=1S/C12H21N3O2S/c1-10(9-15(3)4)14-18(16,17)12-8-6-5-7-11(12)13-2/h5-8,10,13-14H,9H2,1-4H3. The summed E-state index contributed by atoms with van der Waals surface area (Å²) >= 11 is 0. The van der Waals surface area contributed by atoms with E-state index in [0.717, 1.165) is 0 Å². The number of rotatable bonds is 6. The van der Waals surface area contributed by atoms with Crippen LogP contribution in [0.4, 0.5) is 5.69 Å². The van der Waals surface area contributed by atoms with Gasteiger partial charge in [-0.25, -0.2) is 13.1 Å². The van der Waals surface area contributed by atoms with Gasteiger partial charge in [-0.15, -0.1) is 0 Å². The molecule has 0 aliphatic heterocycles. The molecule has 0 bridgehead atoms. The van der Waals surface area contributed by atoms with Crippen molar-refractivity contribution in [3.63, 3.8) is 0 Å². The average Bonchev–Trinajstić information content (AvgIpc) is 2.27. The van der Waals surface area contributed by atoms with Crippen molar-refractivity contribution in [3.05, 3.63) is 24.3 Å². The molecule has 2 N–H and O–H groups in total. The first-order valence-electron chi connectivity index (χ1n) is 5.80. The Morgan fingerprint density at radius 2 is 1.89 bits per heavy atom. The third kappa shape index (κ3) is 3.97. The molecular formula is C12H21N3O2S. The zero-order chi connectivity index (χ0) is 13.8. The van der Waals surface area contributed by atoms with Crippen molar-refractivity contribution >= 4 is 15.7 Å². The van der Waals surface area contributed by atoms with E-state index in [1.807, 2.05) is 25.9 Å². The van der Waals surface area contributed by atoms with E-state index in [1.54, 1.807) is 31.3 Å². The molecule has 0 fully saturated rings. The molecule has 0 aliphatic carbocycles. The first-order valence-corrected chi connectivity index (χ1v) is 7.29. The summed E-state index contributed by atoms with van der Waals surface area (Å²) in [6, 6.07) is 6.71. The van der Waals surface area contributed by atoms with Gasteiger partial charge in [-0.3, -0.25) is 0 Å². The summed E-state index contributed by atoms with van der Waals surface area (Å²) in [4.78, 5) is 2.22. The quantitative estimate of drug-likeness (QED) is 0.809. The van der Waals surface area contributed by atoms with Gasteiger partial charge in [-0.2, -0.15) is 0 Å². The maximum atomic E-state index is 12.2. The van der Waals surface area contributed by atoms with Gasteiger partial charge < -0.3 is 10.2 Å². The Bertz CT molecular complexity index is 486. The Kier molecular flexibility index (Phi) is 5.13. The first-order chi connectivity index (χ1) is 8.36. The molecule has 1 unspecified atom stereocenters. The molecule has 0 heterocycles. The minimum atomic E-state index is -3.49. The molecule has 1 aromatic rings. The number of likely N-dealkylation sites (N-methyl/N-ethyl adjacent to an activating group) is 1. The predicted octanol–water partition coefficient (Wildman–Crippen LogP) is 0.957. The molecule has 0 aliphatic rings. The normalized spacial score (nSPS) is 13.6. The van der Waals surface area contributed by atoms with Gasteiger partial charge in [0, 0.05) is 19.6 Å². The Hall–Kier alpha value is -1.11. The lowest BCUT2D eigenvalue weighted by molar-refractivity contribution is 0.370. The third-order valence-corrected chi connectivity index (χ3v) is 4.09.